The lowest BCUT2D eigenvalue weighted by molar-refractivity contribution is -0.132. The Morgan fingerprint density at radius 3 is 2.88 bits per heavy atom. The maximum Gasteiger partial charge on any atom is 0.325 e. The Labute approximate surface area is 144 Å². The van der Waals surface area contributed by atoms with E-state index in [1.165, 1.54) is 0 Å². The van der Waals surface area contributed by atoms with Gasteiger partial charge in [-0.2, -0.15) is 0 Å². The first-order valence-corrected chi connectivity index (χ1v) is 8.32. The van der Waals surface area contributed by atoms with Gasteiger partial charge in [-0.15, -0.1) is 0 Å². The molecular weight excluding hydrogens is 328 g/mol. The van der Waals surface area contributed by atoms with Crippen LogP contribution in [0.25, 0.3) is 0 Å². The molecule has 8 heteroatoms. The lowest BCUT2D eigenvalue weighted by atomic mass is 9.96. The van der Waals surface area contributed by atoms with Crippen molar-refractivity contribution < 1.29 is 28.9 Å². The Bertz CT molecular complexity index is 719. The Hall–Kier alpha value is -2.48. The number of urea groups is 1. The van der Waals surface area contributed by atoms with E-state index in [2.05, 4.69) is 5.32 Å². The Morgan fingerprint density at radius 1 is 1.36 bits per heavy atom. The first kappa shape index (κ1) is 16.0. The number of nitrogens with zero attached hydrogens (tertiary/aromatic N) is 1. The second kappa shape index (κ2) is 5.80. The first-order chi connectivity index (χ1) is 12.0. The minimum absolute atomic E-state index is 0.0448. The highest BCUT2D eigenvalue weighted by atomic mass is 16.7. The second-order valence-corrected chi connectivity index (χ2v) is 6.80. The SMILES string of the molecule is C[C@@]1(C2CC2)NC(=O)N(C[C@@H](O)COc2ccc3c(c2)OCO3)C1=O. The number of carbonyl (C=O) groups is 2. The summed E-state index contributed by atoms with van der Waals surface area (Å²) in [5, 5.41) is 12.9. The van der Waals surface area contributed by atoms with Gasteiger partial charge in [-0.25, -0.2) is 4.79 Å². The Balaban J connectivity index is 1.34. The normalized spacial score (nSPS) is 25.9. The summed E-state index contributed by atoms with van der Waals surface area (Å²) in [7, 11) is 0. The van der Waals surface area contributed by atoms with E-state index in [4.69, 9.17) is 14.2 Å². The van der Waals surface area contributed by atoms with Crippen LogP contribution in [0.15, 0.2) is 18.2 Å². The summed E-state index contributed by atoms with van der Waals surface area (Å²) in [5.41, 5.74) is -0.838. The molecule has 0 spiro atoms. The third kappa shape index (κ3) is 2.86. The van der Waals surface area contributed by atoms with Crippen molar-refractivity contribution in [3.05, 3.63) is 18.2 Å². The zero-order valence-corrected chi connectivity index (χ0v) is 13.9. The van der Waals surface area contributed by atoms with Crippen molar-refractivity contribution in [2.75, 3.05) is 19.9 Å². The molecule has 1 saturated carbocycles. The maximum atomic E-state index is 12.5. The van der Waals surface area contributed by atoms with E-state index in [1.807, 2.05) is 0 Å². The largest absolute Gasteiger partial charge is 0.491 e. The number of hydrogen-bond acceptors (Lipinski definition) is 6. The molecule has 3 amide bonds. The zero-order chi connectivity index (χ0) is 17.6. The molecule has 2 N–H and O–H groups in total. The molecule has 2 atom stereocenters. The van der Waals surface area contributed by atoms with E-state index in [-0.39, 0.29) is 31.8 Å². The van der Waals surface area contributed by atoms with Crippen LogP contribution in [0.4, 0.5) is 4.79 Å². The van der Waals surface area contributed by atoms with Gasteiger partial charge in [-0.3, -0.25) is 9.69 Å². The molecule has 2 fully saturated rings. The van der Waals surface area contributed by atoms with Crippen LogP contribution in [-0.2, 0) is 4.79 Å². The van der Waals surface area contributed by atoms with Gasteiger partial charge in [0.1, 0.15) is 24.0 Å². The fourth-order valence-corrected chi connectivity index (χ4v) is 3.24. The second-order valence-electron chi connectivity index (χ2n) is 6.80. The van der Waals surface area contributed by atoms with Crippen LogP contribution < -0.4 is 19.5 Å². The number of carbonyl (C=O) groups excluding carboxylic acids is 2. The van der Waals surface area contributed by atoms with Crippen molar-refractivity contribution >= 4 is 11.9 Å². The molecule has 4 rings (SSSR count). The molecule has 1 saturated heterocycles. The number of fused-ring (bicyclic) bond motifs is 1. The zero-order valence-electron chi connectivity index (χ0n) is 13.9. The molecule has 8 nitrogen and oxygen atoms in total. The van der Waals surface area contributed by atoms with E-state index >= 15 is 0 Å². The van der Waals surface area contributed by atoms with Gasteiger partial charge >= 0.3 is 6.03 Å². The number of imide groups is 1. The van der Waals surface area contributed by atoms with Gasteiger partial charge in [0.25, 0.3) is 5.91 Å². The number of aliphatic hydroxyl groups excluding tert-OH is 1. The number of β-amino-alcohol motifs (C(OH)–C–C–N with tert-alkyl or cyclic N) is 1. The number of nitrogens with one attached hydrogen (secondary N) is 1. The smallest absolute Gasteiger partial charge is 0.325 e. The quantitative estimate of drug-likeness (QED) is 0.741. The fourth-order valence-electron chi connectivity index (χ4n) is 3.24. The van der Waals surface area contributed by atoms with E-state index < -0.39 is 17.7 Å². The highest BCUT2D eigenvalue weighted by Crippen LogP contribution is 2.42. The minimum atomic E-state index is -0.985. The third-order valence-corrected chi connectivity index (χ3v) is 4.87. The van der Waals surface area contributed by atoms with Crippen molar-refractivity contribution in [2.24, 2.45) is 5.92 Å². The molecule has 2 heterocycles. The van der Waals surface area contributed by atoms with Crippen LogP contribution >= 0.6 is 0 Å². The van der Waals surface area contributed by atoms with E-state index in [1.54, 1.807) is 25.1 Å². The van der Waals surface area contributed by atoms with Gasteiger partial charge in [0.15, 0.2) is 11.5 Å². The molecule has 25 heavy (non-hydrogen) atoms. The monoisotopic (exact) mass is 348 g/mol. The predicted molar refractivity (Wildman–Crippen MR) is 85.4 cm³/mol. The summed E-state index contributed by atoms with van der Waals surface area (Å²) in [6, 6.07) is 4.65. The highest BCUT2D eigenvalue weighted by Gasteiger charge is 2.56. The molecule has 1 aliphatic carbocycles. The first-order valence-electron chi connectivity index (χ1n) is 8.32. The van der Waals surface area contributed by atoms with Crippen molar-refractivity contribution in [2.45, 2.75) is 31.4 Å². The topological polar surface area (TPSA) is 97.3 Å². The van der Waals surface area contributed by atoms with Gasteiger partial charge in [0.2, 0.25) is 6.79 Å². The molecule has 3 aliphatic rings. The molecule has 1 aromatic rings. The third-order valence-electron chi connectivity index (χ3n) is 4.87. The van der Waals surface area contributed by atoms with Crippen LogP contribution in [0, 0.1) is 5.92 Å². The van der Waals surface area contributed by atoms with Gasteiger partial charge < -0.3 is 24.6 Å². The minimum Gasteiger partial charge on any atom is -0.491 e. The molecule has 2 aliphatic heterocycles. The van der Waals surface area contributed by atoms with Crippen LogP contribution in [0.3, 0.4) is 0 Å². The summed E-state index contributed by atoms with van der Waals surface area (Å²) >= 11 is 0. The molecule has 0 radical (unpaired) electrons. The predicted octanol–water partition coefficient (Wildman–Crippen LogP) is 0.875. The van der Waals surface area contributed by atoms with Crippen molar-refractivity contribution in [3.8, 4) is 17.2 Å². The van der Waals surface area contributed by atoms with Gasteiger partial charge in [-0.05, 0) is 37.8 Å². The average Bonchev–Trinajstić information content (AvgIpc) is 3.31. The van der Waals surface area contributed by atoms with Crippen molar-refractivity contribution in [1.29, 1.82) is 0 Å². The Morgan fingerprint density at radius 2 is 2.12 bits per heavy atom. The molecule has 0 aromatic heterocycles. The lowest BCUT2D eigenvalue weighted by Gasteiger charge is -2.22. The molecule has 0 bridgehead atoms. The van der Waals surface area contributed by atoms with Crippen LogP contribution in [0.1, 0.15) is 19.8 Å². The highest BCUT2D eigenvalue weighted by molar-refractivity contribution is 6.07. The number of amides is 3. The summed E-state index contributed by atoms with van der Waals surface area (Å²) in [5.74, 6) is 1.66. The van der Waals surface area contributed by atoms with Crippen LogP contribution in [0.2, 0.25) is 0 Å². The lowest BCUT2D eigenvalue weighted by Crippen LogP contribution is -2.46. The number of hydrogen-bond donors (Lipinski definition) is 2. The number of rotatable bonds is 6. The van der Waals surface area contributed by atoms with Crippen molar-refractivity contribution in [3.63, 3.8) is 0 Å². The number of benzene rings is 1. The van der Waals surface area contributed by atoms with E-state index in [0.717, 1.165) is 17.7 Å². The average molecular weight is 348 g/mol. The van der Waals surface area contributed by atoms with Gasteiger partial charge in [0, 0.05) is 6.07 Å². The molecule has 134 valence electrons. The van der Waals surface area contributed by atoms with E-state index in [0.29, 0.717) is 17.2 Å². The van der Waals surface area contributed by atoms with Gasteiger partial charge in [-0.1, -0.05) is 0 Å². The Kier molecular flexibility index (Phi) is 3.72. The summed E-state index contributed by atoms with van der Waals surface area (Å²) < 4.78 is 16.0. The summed E-state index contributed by atoms with van der Waals surface area (Å²) in [6.07, 6.45) is 0.889. The maximum absolute atomic E-state index is 12.5. The standard InChI is InChI=1S/C17H20N2O6/c1-17(10-2-3-10)15(21)19(16(22)18-17)7-11(20)8-23-12-4-5-13-14(6-12)25-9-24-13/h4-6,10-11,20H,2-3,7-9H2,1H3,(H,18,22)/t11-,17+/m1/s1. The summed E-state index contributed by atoms with van der Waals surface area (Å²) in [4.78, 5) is 25.7. The van der Waals surface area contributed by atoms with Crippen molar-refractivity contribution in [1.82, 2.24) is 10.2 Å². The van der Waals surface area contributed by atoms with E-state index in [9.17, 15) is 14.7 Å². The number of aliphatic hydroxyl groups is 1. The van der Waals surface area contributed by atoms with Crippen LogP contribution in [-0.4, -0.2) is 53.5 Å². The van der Waals surface area contributed by atoms with Gasteiger partial charge in [0.05, 0.1) is 6.54 Å². The number of ether oxygens (including phenoxy) is 3. The molecule has 1 aromatic carbocycles. The van der Waals surface area contributed by atoms with Crippen LogP contribution in [0.5, 0.6) is 17.2 Å². The fraction of sp³-hybridized carbons (Fsp3) is 0.529. The summed E-state index contributed by atoms with van der Waals surface area (Å²) in [6.45, 7) is 1.78. The molecule has 0 unspecified atom stereocenters. The molecular formula is C17H20N2O6.